The smallest absolute Gasteiger partial charge is 0.361 e. The van der Waals surface area contributed by atoms with E-state index < -0.39 is 12.7 Å². The summed E-state index contributed by atoms with van der Waals surface area (Å²) in [5.74, 6) is 5.97. The number of aromatic nitrogens is 2. The zero-order valence-corrected chi connectivity index (χ0v) is 10.4. The molecule has 0 aliphatic heterocycles. The van der Waals surface area contributed by atoms with Gasteiger partial charge in [-0.15, -0.1) is 0 Å². The number of nitrogen functional groups attached to an aromatic ring is 1. The Morgan fingerprint density at radius 1 is 1.17 bits per heavy atom. The first kappa shape index (κ1) is 14.5. The van der Waals surface area contributed by atoms with Crippen LogP contribution in [0, 0.1) is 0 Å². The van der Waals surface area contributed by atoms with Crippen LogP contribution >= 0.6 is 0 Å². The standard InChI is InChI=1S/C10H16F3N5/c1-9(2,3)8-16-6(4-7(17-8)18-14)15-5-10(11,12)13/h4H,5,14H2,1-3H3,(H2,15,16,17,18). The summed E-state index contributed by atoms with van der Waals surface area (Å²) in [6.07, 6.45) is -4.30. The van der Waals surface area contributed by atoms with Crippen LogP contribution in [0.25, 0.3) is 0 Å². The molecule has 1 rings (SSSR count). The molecular formula is C10H16F3N5. The molecule has 0 atom stereocenters. The molecule has 0 saturated heterocycles. The third-order valence-corrected chi connectivity index (χ3v) is 2.01. The molecule has 4 N–H and O–H groups in total. The van der Waals surface area contributed by atoms with Gasteiger partial charge in [0.2, 0.25) is 0 Å². The Bertz CT molecular complexity index is 411. The van der Waals surface area contributed by atoms with Crippen LogP contribution in [0.2, 0.25) is 0 Å². The summed E-state index contributed by atoms with van der Waals surface area (Å²) < 4.78 is 36.3. The normalized spacial score (nSPS) is 12.4. The van der Waals surface area contributed by atoms with Crippen LogP contribution in [0.5, 0.6) is 0 Å². The number of anilines is 2. The predicted octanol–water partition coefficient (Wildman–Crippen LogP) is 2.03. The van der Waals surface area contributed by atoms with Crippen LogP contribution in [-0.2, 0) is 5.41 Å². The van der Waals surface area contributed by atoms with Gasteiger partial charge in [0.1, 0.15) is 24.0 Å². The average Bonchev–Trinajstić information content (AvgIpc) is 2.24. The monoisotopic (exact) mass is 263 g/mol. The van der Waals surface area contributed by atoms with Crippen LogP contribution in [0.3, 0.4) is 0 Å². The van der Waals surface area contributed by atoms with Gasteiger partial charge in [0.05, 0.1) is 0 Å². The predicted molar refractivity (Wildman–Crippen MR) is 63.1 cm³/mol. The summed E-state index contributed by atoms with van der Waals surface area (Å²) in [6.45, 7) is 4.42. The summed E-state index contributed by atoms with van der Waals surface area (Å²) in [5, 5.41) is 2.20. The van der Waals surface area contributed by atoms with Crippen LogP contribution in [-0.4, -0.2) is 22.7 Å². The number of hydrogen-bond acceptors (Lipinski definition) is 5. The highest BCUT2D eigenvalue weighted by Gasteiger charge is 2.27. The van der Waals surface area contributed by atoms with E-state index >= 15 is 0 Å². The zero-order valence-electron chi connectivity index (χ0n) is 10.4. The van der Waals surface area contributed by atoms with Gasteiger partial charge in [0.25, 0.3) is 0 Å². The molecule has 0 fully saturated rings. The summed E-state index contributed by atoms with van der Waals surface area (Å²) in [6, 6.07) is 1.32. The number of nitrogens with two attached hydrogens (primary N) is 1. The van der Waals surface area contributed by atoms with Crippen molar-refractivity contribution in [3.63, 3.8) is 0 Å². The van der Waals surface area contributed by atoms with Gasteiger partial charge in [0, 0.05) is 11.5 Å². The number of halogens is 3. The van der Waals surface area contributed by atoms with Crippen molar-refractivity contribution in [2.45, 2.75) is 32.4 Å². The molecule has 0 aliphatic carbocycles. The number of hydrazine groups is 1. The molecule has 1 aromatic heterocycles. The lowest BCUT2D eigenvalue weighted by Gasteiger charge is -2.19. The molecule has 0 bridgehead atoms. The molecule has 0 spiro atoms. The molecule has 0 radical (unpaired) electrons. The zero-order chi connectivity index (χ0) is 14.0. The number of hydrogen-bond donors (Lipinski definition) is 3. The summed E-state index contributed by atoms with van der Waals surface area (Å²) in [5.41, 5.74) is 1.92. The lowest BCUT2D eigenvalue weighted by atomic mass is 9.96. The first-order valence-electron chi connectivity index (χ1n) is 5.28. The minimum Gasteiger partial charge on any atom is -0.361 e. The van der Waals surface area contributed by atoms with Gasteiger partial charge in [-0.05, 0) is 0 Å². The van der Waals surface area contributed by atoms with E-state index in [4.69, 9.17) is 5.84 Å². The number of nitrogens with one attached hydrogen (secondary N) is 2. The third kappa shape index (κ3) is 4.36. The Morgan fingerprint density at radius 3 is 2.17 bits per heavy atom. The second-order valence-electron chi connectivity index (χ2n) is 4.83. The topological polar surface area (TPSA) is 75.9 Å². The van der Waals surface area contributed by atoms with Crippen LogP contribution < -0.4 is 16.6 Å². The molecule has 8 heteroatoms. The minimum absolute atomic E-state index is 0.0835. The summed E-state index contributed by atoms with van der Waals surface area (Å²) >= 11 is 0. The van der Waals surface area contributed by atoms with Crippen molar-refractivity contribution in [1.82, 2.24) is 9.97 Å². The van der Waals surface area contributed by atoms with Crippen molar-refractivity contribution in [2.75, 3.05) is 17.3 Å². The van der Waals surface area contributed by atoms with Crippen molar-refractivity contribution in [3.8, 4) is 0 Å². The Kier molecular flexibility index (Phi) is 4.00. The highest BCUT2D eigenvalue weighted by molar-refractivity contribution is 5.47. The Morgan fingerprint density at radius 2 is 1.72 bits per heavy atom. The van der Waals surface area contributed by atoms with Crippen molar-refractivity contribution in [2.24, 2.45) is 5.84 Å². The van der Waals surface area contributed by atoms with Crippen LogP contribution in [0.4, 0.5) is 24.8 Å². The maximum atomic E-state index is 12.1. The van der Waals surface area contributed by atoms with Crippen molar-refractivity contribution < 1.29 is 13.2 Å². The van der Waals surface area contributed by atoms with Gasteiger partial charge in [-0.2, -0.15) is 13.2 Å². The van der Waals surface area contributed by atoms with E-state index in [1.165, 1.54) is 6.07 Å². The molecule has 0 unspecified atom stereocenters. The molecule has 102 valence electrons. The molecule has 1 aromatic rings. The van der Waals surface area contributed by atoms with E-state index in [1.807, 2.05) is 20.8 Å². The van der Waals surface area contributed by atoms with Crippen molar-refractivity contribution >= 4 is 11.6 Å². The lowest BCUT2D eigenvalue weighted by molar-refractivity contribution is -0.115. The second kappa shape index (κ2) is 4.97. The van der Waals surface area contributed by atoms with Crippen LogP contribution in [0.15, 0.2) is 6.07 Å². The van der Waals surface area contributed by atoms with Gasteiger partial charge in [-0.25, -0.2) is 15.8 Å². The third-order valence-electron chi connectivity index (χ3n) is 2.01. The van der Waals surface area contributed by atoms with Gasteiger partial charge in [0.15, 0.2) is 0 Å². The van der Waals surface area contributed by atoms with Gasteiger partial charge in [-0.3, -0.25) is 0 Å². The summed E-state index contributed by atoms with van der Waals surface area (Å²) in [4.78, 5) is 8.14. The van der Waals surface area contributed by atoms with E-state index in [-0.39, 0.29) is 17.1 Å². The van der Waals surface area contributed by atoms with Gasteiger partial charge in [-0.1, -0.05) is 20.8 Å². The molecule has 18 heavy (non-hydrogen) atoms. The molecule has 1 heterocycles. The molecule has 5 nitrogen and oxygen atoms in total. The minimum atomic E-state index is -4.30. The summed E-state index contributed by atoms with van der Waals surface area (Å²) in [7, 11) is 0. The second-order valence-corrected chi connectivity index (χ2v) is 4.83. The SMILES string of the molecule is CC(C)(C)c1nc(NN)cc(NCC(F)(F)F)n1. The molecule has 0 aliphatic rings. The highest BCUT2D eigenvalue weighted by atomic mass is 19.4. The first-order valence-corrected chi connectivity index (χ1v) is 5.28. The largest absolute Gasteiger partial charge is 0.405 e. The number of alkyl halides is 3. The fourth-order valence-electron chi connectivity index (χ4n) is 1.14. The molecular weight excluding hydrogens is 247 g/mol. The maximum Gasteiger partial charge on any atom is 0.405 e. The lowest BCUT2D eigenvalue weighted by Crippen LogP contribution is -2.24. The number of rotatable bonds is 3. The fourth-order valence-corrected chi connectivity index (χ4v) is 1.14. The van der Waals surface area contributed by atoms with Crippen molar-refractivity contribution in [3.05, 3.63) is 11.9 Å². The molecule has 0 aromatic carbocycles. The Hall–Kier alpha value is -1.57. The fraction of sp³-hybridized carbons (Fsp3) is 0.600. The van der Waals surface area contributed by atoms with E-state index in [1.54, 1.807) is 0 Å². The van der Waals surface area contributed by atoms with E-state index in [2.05, 4.69) is 20.7 Å². The first-order chi connectivity index (χ1) is 8.12. The van der Waals surface area contributed by atoms with E-state index in [0.717, 1.165) is 0 Å². The Labute approximate surface area is 103 Å². The van der Waals surface area contributed by atoms with Crippen LogP contribution in [0.1, 0.15) is 26.6 Å². The average molecular weight is 263 g/mol. The highest BCUT2D eigenvalue weighted by Crippen LogP contribution is 2.23. The van der Waals surface area contributed by atoms with E-state index in [9.17, 15) is 13.2 Å². The van der Waals surface area contributed by atoms with Gasteiger partial charge >= 0.3 is 6.18 Å². The molecule has 0 amide bonds. The Balaban J connectivity index is 2.98. The molecule has 0 saturated carbocycles. The van der Waals surface area contributed by atoms with Crippen molar-refractivity contribution in [1.29, 1.82) is 0 Å². The van der Waals surface area contributed by atoms with Gasteiger partial charge < -0.3 is 10.7 Å². The number of nitrogens with zero attached hydrogens (tertiary/aromatic N) is 2. The quantitative estimate of drug-likeness (QED) is 0.574. The van der Waals surface area contributed by atoms with E-state index in [0.29, 0.717) is 5.82 Å². The maximum absolute atomic E-state index is 12.1.